The van der Waals surface area contributed by atoms with Gasteiger partial charge in [0.15, 0.2) is 6.10 Å². The van der Waals surface area contributed by atoms with Gasteiger partial charge in [-0.2, -0.15) is 0 Å². The maximum Gasteiger partial charge on any atom is 0.266 e. The highest BCUT2D eigenvalue weighted by Crippen LogP contribution is 2.50. The Kier molecular flexibility index (Phi) is 5.20. The first-order valence-corrected chi connectivity index (χ1v) is 11.2. The number of imide groups is 1. The van der Waals surface area contributed by atoms with Gasteiger partial charge in [-0.1, -0.05) is 51.8 Å². The van der Waals surface area contributed by atoms with E-state index in [1.54, 1.807) is 48.4 Å². The third-order valence-corrected chi connectivity index (χ3v) is 6.82. The van der Waals surface area contributed by atoms with Crippen LogP contribution in [0.4, 0.5) is 11.4 Å². The fourth-order valence-corrected chi connectivity index (χ4v) is 4.92. The molecule has 0 aromatic heterocycles. The van der Waals surface area contributed by atoms with Gasteiger partial charge in [0.2, 0.25) is 5.91 Å². The second kappa shape index (κ2) is 7.92. The van der Waals surface area contributed by atoms with Crippen LogP contribution in [0.15, 0.2) is 71.2 Å². The molecule has 0 saturated carbocycles. The van der Waals surface area contributed by atoms with Crippen LogP contribution in [0, 0.1) is 12.8 Å². The molecule has 3 aromatic rings. The number of hydrogen-bond donors (Lipinski definition) is 1. The van der Waals surface area contributed by atoms with Crippen LogP contribution in [0.2, 0.25) is 5.02 Å². The highest BCUT2D eigenvalue weighted by atomic mass is 79.9. The van der Waals surface area contributed by atoms with Crippen molar-refractivity contribution >= 4 is 50.7 Å². The maximum atomic E-state index is 13.7. The normalized spacial score (nSPS) is 22.5. The number of anilines is 2. The van der Waals surface area contributed by atoms with Crippen molar-refractivity contribution in [3.05, 3.63) is 87.4 Å². The summed E-state index contributed by atoms with van der Waals surface area (Å²) in [7, 11) is 0. The number of phenolic OH excluding ortho intramolecular Hbond substituents is 1. The number of halogens is 2. The number of hydroxylamine groups is 1. The van der Waals surface area contributed by atoms with Gasteiger partial charge in [0.05, 0.1) is 17.4 Å². The monoisotopic (exact) mass is 512 g/mol. The van der Waals surface area contributed by atoms with Crippen molar-refractivity contribution in [2.24, 2.45) is 5.92 Å². The number of phenols is 1. The molecule has 1 N–H and O–H groups in total. The molecule has 0 spiro atoms. The highest BCUT2D eigenvalue weighted by molar-refractivity contribution is 9.10. The number of aromatic hydroxyl groups is 1. The Bertz CT molecular complexity index is 1240. The van der Waals surface area contributed by atoms with Crippen LogP contribution in [-0.4, -0.2) is 23.0 Å². The number of benzene rings is 3. The molecule has 8 heteroatoms. The molecule has 6 nitrogen and oxygen atoms in total. The minimum absolute atomic E-state index is 0.0148. The summed E-state index contributed by atoms with van der Waals surface area (Å²) in [6.07, 6.45) is -1.02. The molecule has 2 amide bonds. The molecule has 0 unspecified atom stereocenters. The Hall–Kier alpha value is -2.87. The van der Waals surface area contributed by atoms with Crippen LogP contribution in [0.25, 0.3) is 0 Å². The number of para-hydroxylation sites is 1. The van der Waals surface area contributed by atoms with E-state index in [1.165, 1.54) is 0 Å². The predicted octanol–water partition coefficient (Wildman–Crippen LogP) is 5.17. The van der Waals surface area contributed by atoms with E-state index in [2.05, 4.69) is 15.9 Å². The average molecular weight is 514 g/mol. The molecular formula is C24H18BrClN2O4. The van der Waals surface area contributed by atoms with Gasteiger partial charge in [0, 0.05) is 15.1 Å². The molecule has 2 heterocycles. The van der Waals surface area contributed by atoms with Gasteiger partial charge in [-0.15, -0.1) is 0 Å². The largest absolute Gasteiger partial charge is 0.508 e. The van der Waals surface area contributed by atoms with E-state index >= 15 is 0 Å². The maximum absolute atomic E-state index is 13.7. The van der Waals surface area contributed by atoms with Crippen LogP contribution in [0.3, 0.4) is 0 Å². The minimum Gasteiger partial charge on any atom is -0.508 e. The van der Waals surface area contributed by atoms with Crippen LogP contribution in [0.5, 0.6) is 5.75 Å². The van der Waals surface area contributed by atoms with Crippen LogP contribution >= 0.6 is 27.5 Å². The lowest BCUT2D eigenvalue weighted by molar-refractivity contribution is -0.126. The van der Waals surface area contributed by atoms with Crippen LogP contribution < -0.4 is 9.96 Å². The van der Waals surface area contributed by atoms with E-state index in [0.29, 0.717) is 27.5 Å². The lowest BCUT2D eigenvalue weighted by Gasteiger charge is -2.29. The first kappa shape index (κ1) is 21.0. The summed E-state index contributed by atoms with van der Waals surface area (Å²) in [6, 6.07) is 18.6. The molecule has 3 aromatic carbocycles. The number of hydrogen-bond acceptors (Lipinski definition) is 5. The van der Waals surface area contributed by atoms with E-state index in [-0.39, 0.29) is 5.75 Å². The zero-order valence-corrected chi connectivity index (χ0v) is 19.2. The average Bonchev–Trinajstić information content (AvgIpc) is 3.29. The molecule has 2 saturated heterocycles. The molecular weight excluding hydrogens is 496 g/mol. The Morgan fingerprint density at radius 2 is 1.75 bits per heavy atom. The fourth-order valence-electron chi connectivity index (χ4n) is 4.37. The number of carbonyl (C=O) groups is 2. The second-order valence-electron chi connectivity index (χ2n) is 7.76. The predicted molar refractivity (Wildman–Crippen MR) is 125 cm³/mol. The zero-order chi connectivity index (χ0) is 22.6. The van der Waals surface area contributed by atoms with Gasteiger partial charge < -0.3 is 5.11 Å². The number of fused-ring (bicyclic) bond motifs is 1. The first-order chi connectivity index (χ1) is 15.4. The van der Waals surface area contributed by atoms with Gasteiger partial charge in [-0.3, -0.25) is 14.4 Å². The molecule has 162 valence electrons. The van der Waals surface area contributed by atoms with Gasteiger partial charge in [-0.25, -0.2) is 9.96 Å². The molecule has 0 radical (unpaired) electrons. The van der Waals surface area contributed by atoms with E-state index in [1.807, 2.05) is 30.3 Å². The molecule has 2 aliphatic rings. The Labute approximate surface area is 198 Å². The summed E-state index contributed by atoms with van der Waals surface area (Å²) in [5.74, 6) is -1.68. The lowest BCUT2D eigenvalue weighted by Crippen LogP contribution is -2.37. The first-order valence-electron chi connectivity index (χ1n) is 10.0. The highest BCUT2D eigenvalue weighted by Gasteiger charge is 2.61. The van der Waals surface area contributed by atoms with Gasteiger partial charge in [0.25, 0.3) is 5.91 Å². The number of rotatable bonds is 3. The van der Waals surface area contributed by atoms with Crippen molar-refractivity contribution in [2.75, 3.05) is 9.96 Å². The van der Waals surface area contributed by atoms with Crippen molar-refractivity contribution < 1.29 is 19.5 Å². The summed E-state index contributed by atoms with van der Waals surface area (Å²) in [4.78, 5) is 34.3. The molecule has 32 heavy (non-hydrogen) atoms. The van der Waals surface area contributed by atoms with E-state index in [4.69, 9.17) is 16.4 Å². The van der Waals surface area contributed by atoms with Gasteiger partial charge in [0.1, 0.15) is 11.7 Å². The lowest BCUT2D eigenvalue weighted by atomic mass is 9.90. The number of amides is 2. The van der Waals surface area contributed by atoms with E-state index in [9.17, 15) is 14.7 Å². The summed E-state index contributed by atoms with van der Waals surface area (Å²) >= 11 is 9.69. The third-order valence-electron chi connectivity index (χ3n) is 5.91. The van der Waals surface area contributed by atoms with Crippen LogP contribution in [0.1, 0.15) is 17.2 Å². The smallest absolute Gasteiger partial charge is 0.266 e. The van der Waals surface area contributed by atoms with Crippen LogP contribution in [-0.2, 0) is 14.4 Å². The standard InChI is InChI=1S/C24H18BrClN2O4/c1-13-17(26)8-5-9-18(13)27-23(30)20-21(16-12-14(25)10-11-19(16)29)28(32-22(20)24(27)31)15-6-3-2-4-7-15/h2-12,20-22,29H,1H3/t20-,21-,22+/m1/s1. The third kappa shape index (κ3) is 3.20. The SMILES string of the molecule is Cc1c(Cl)cccc1N1C(=O)[C@H]2[C@H](ON(c3ccccc3)[C@@H]2c2cc(Br)ccc2O)C1=O. The van der Waals surface area contributed by atoms with Crippen molar-refractivity contribution in [1.82, 2.24) is 0 Å². The number of nitrogens with zero attached hydrogens (tertiary/aromatic N) is 2. The summed E-state index contributed by atoms with van der Waals surface area (Å²) < 4.78 is 0.737. The molecule has 0 bridgehead atoms. The van der Waals surface area contributed by atoms with Crippen molar-refractivity contribution in [1.29, 1.82) is 0 Å². The Morgan fingerprint density at radius 3 is 2.50 bits per heavy atom. The van der Waals surface area contributed by atoms with Crippen molar-refractivity contribution in [3.8, 4) is 5.75 Å². The fraction of sp³-hybridized carbons (Fsp3) is 0.167. The molecule has 2 aliphatic heterocycles. The van der Waals surface area contributed by atoms with Crippen molar-refractivity contribution in [3.63, 3.8) is 0 Å². The minimum atomic E-state index is -1.02. The zero-order valence-electron chi connectivity index (χ0n) is 16.9. The second-order valence-corrected chi connectivity index (χ2v) is 9.08. The van der Waals surface area contributed by atoms with Crippen molar-refractivity contribution in [2.45, 2.75) is 19.1 Å². The van der Waals surface area contributed by atoms with Gasteiger partial charge in [-0.05, 0) is 55.0 Å². The van der Waals surface area contributed by atoms with Gasteiger partial charge >= 0.3 is 0 Å². The Morgan fingerprint density at radius 1 is 1.00 bits per heavy atom. The Balaban J connectivity index is 1.64. The molecule has 0 aliphatic carbocycles. The van der Waals surface area contributed by atoms with E-state index in [0.717, 1.165) is 9.37 Å². The molecule has 2 fully saturated rings. The summed E-state index contributed by atoms with van der Waals surface area (Å²) in [6.45, 7) is 1.76. The quantitative estimate of drug-likeness (QED) is 0.490. The summed E-state index contributed by atoms with van der Waals surface area (Å²) in [5, 5.41) is 12.7. The molecule has 3 atom stereocenters. The number of carbonyl (C=O) groups excluding carboxylic acids is 2. The molecule has 5 rings (SSSR count). The van der Waals surface area contributed by atoms with E-state index < -0.39 is 29.9 Å². The summed E-state index contributed by atoms with van der Waals surface area (Å²) in [5.41, 5.74) is 2.24. The topological polar surface area (TPSA) is 70.1 Å².